The molecule has 0 spiro atoms. The molecule has 0 aliphatic rings. The van der Waals surface area contributed by atoms with Crippen LogP contribution in [0.1, 0.15) is 0 Å². The van der Waals surface area contributed by atoms with E-state index in [9.17, 15) is 67.2 Å². The van der Waals surface area contributed by atoms with E-state index in [2.05, 4.69) is 69.0 Å². The Kier molecular flexibility index (Phi) is 19.3. The zero-order valence-electron chi connectivity index (χ0n) is 42.2. The number of hydrogen-bond acceptors (Lipinski definition) is 34. The van der Waals surface area contributed by atoms with Gasteiger partial charge in [0.15, 0.2) is 17.2 Å². The molecule has 8 rings (SSSR count). The molecular weight excluding hydrogens is 1290 g/mol. The first-order chi connectivity index (χ1) is 40.6. The fourth-order valence-corrected chi connectivity index (χ4v) is 12.0. The number of hydrogen-bond donors (Lipinski definition) is 11. The standard InChI is InChI=1S/C44H33N9O26S7/c1-72-21-4-8-26(29(15-21)80-77-74-57)47-53-39-33(84(63,64)65)13-18-11-20(3-6-23(18)41(39)54)46-52-40-34(85(66,67)68)14-19-12-30(81-78-75-58)37(36(45)35(19)43(40)56)50-49-28-10-7-24-25(44(28)86(69,70)71)17-31(82-79-76-59)38(42(24)55)51-48-27-9-5-22(73-2)16-32(27)83(60,61)62/h3-17,54-59H,45H2,1-2H3,(H,60,61,62)(H,63,64,65)(H,66,67,68)(H,69,70,71). The smallest absolute Gasteiger partial charge is 0.297 e. The summed E-state index contributed by atoms with van der Waals surface area (Å²) in [5, 5.41) is 101. The van der Waals surface area contributed by atoms with Crippen molar-refractivity contribution in [2.45, 2.75) is 34.3 Å². The Hall–Kier alpha value is -7.93. The quantitative estimate of drug-likeness (QED) is 0.00707. The van der Waals surface area contributed by atoms with Gasteiger partial charge in [-0.25, -0.2) is 15.8 Å². The van der Waals surface area contributed by atoms with Gasteiger partial charge in [-0.1, -0.05) is 15.1 Å². The molecule has 12 N–H and O–H groups in total. The van der Waals surface area contributed by atoms with Crippen molar-refractivity contribution in [2.75, 3.05) is 20.0 Å². The van der Waals surface area contributed by atoms with Gasteiger partial charge < -0.3 is 30.5 Å². The van der Waals surface area contributed by atoms with Crippen LogP contribution in [0.4, 0.5) is 51.2 Å². The van der Waals surface area contributed by atoms with Crippen LogP contribution in [0.5, 0.6) is 28.7 Å². The molecule has 0 saturated carbocycles. The number of nitrogens with two attached hydrogens (primary N) is 1. The number of rotatable bonds is 23. The molecule has 0 radical (unpaired) electrons. The lowest BCUT2D eigenvalue weighted by molar-refractivity contribution is -0.432. The molecular formula is C44H33N9O26S7. The number of anilines is 1. The number of methoxy groups -OCH3 is 2. The van der Waals surface area contributed by atoms with Crippen LogP contribution in [0, 0.1) is 0 Å². The van der Waals surface area contributed by atoms with Gasteiger partial charge in [0.25, 0.3) is 40.5 Å². The Morgan fingerprint density at radius 2 is 0.895 bits per heavy atom. The summed E-state index contributed by atoms with van der Waals surface area (Å²) in [5.41, 5.74) is 1.35. The highest BCUT2D eigenvalue weighted by Gasteiger charge is 2.29. The van der Waals surface area contributed by atoms with E-state index in [0.29, 0.717) is 12.0 Å². The average Bonchev–Trinajstić information content (AvgIpc) is 0.913. The number of benzene rings is 8. The number of fused-ring (bicyclic) bond motifs is 3. The molecule has 42 heteroatoms. The topological polar surface area (TPSA) is 538 Å². The highest BCUT2D eigenvalue weighted by atomic mass is 32.2. The van der Waals surface area contributed by atoms with Crippen molar-refractivity contribution in [3.63, 3.8) is 0 Å². The maximum Gasteiger partial charge on any atom is 0.297 e. The molecule has 0 bridgehead atoms. The van der Waals surface area contributed by atoms with Gasteiger partial charge in [0, 0.05) is 22.2 Å². The summed E-state index contributed by atoms with van der Waals surface area (Å²) in [4.78, 5) is -4.72. The molecule has 0 unspecified atom stereocenters. The fourth-order valence-electron chi connectivity index (χ4n) is 7.81. The van der Waals surface area contributed by atoms with Crippen molar-refractivity contribution in [1.82, 2.24) is 0 Å². The molecule has 0 aliphatic carbocycles. The lowest BCUT2D eigenvalue weighted by Gasteiger charge is -2.15. The van der Waals surface area contributed by atoms with E-state index in [0.717, 1.165) is 66.7 Å². The molecule has 0 saturated heterocycles. The fraction of sp³-hybridized carbons (Fsp3) is 0.0455. The van der Waals surface area contributed by atoms with E-state index in [1.807, 2.05) is 0 Å². The first-order valence-electron chi connectivity index (χ1n) is 22.2. The number of phenols is 3. The van der Waals surface area contributed by atoms with Gasteiger partial charge in [-0.15, -0.1) is 48.8 Å². The van der Waals surface area contributed by atoms with Crippen LogP contribution in [-0.4, -0.2) is 97.2 Å². The molecule has 35 nitrogen and oxygen atoms in total. The number of nitrogen functional groups attached to an aromatic ring is 1. The minimum atomic E-state index is -5.48. The summed E-state index contributed by atoms with van der Waals surface area (Å²) in [5.74, 6) is -2.66. The molecule has 8 aromatic rings. The first kappa shape index (κ1) is 64.1. The second-order valence-electron chi connectivity index (χ2n) is 16.4. The second kappa shape index (κ2) is 26.0. The second-order valence-corrected chi connectivity index (χ2v) is 24.2. The maximum atomic E-state index is 13.2. The van der Waals surface area contributed by atoms with E-state index < -0.39 is 138 Å². The van der Waals surface area contributed by atoms with Gasteiger partial charge in [0.2, 0.25) is 0 Å². The van der Waals surface area contributed by atoms with E-state index in [-0.39, 0.29) is 72.9 Å². The molecule has 86 heavy (non-hydrogen) atoms. The van der Waals surface area contributed by atoms with Gasteiger partial charge in [0.1, 0.15) is 70.9 Å². The third kappa shape index (κ3) is 13.8. The largest absolute Gasteiger partial charge is 0.505 e. The van der Waals surface area contributed by atoms with Crippen LogP contribution in [0.15, 0.2) is 166 Å². The summed E-state index contributed by atoms with van der Waals surface area (Å²) in [7, 11) is -18.5. The van der Waals surface area contributed by atoms with E-state index >= 15 is 0 Å². The van der Waals surface area contributed by atoms with Crippen LogP contribution in [0.25, 0.3) is 32.3 Å². The lowest BCUT2D eigenvalue weighted by atomic mass is 10.0. The van der Waals surface area contributed by atoms with E-state index in [1.54, 1.807) is 0 Å². The monoisotopic (exact) mass is 1330 g/mol. The molecule has 0 aromatic heterocycles. The van der Waals surface area contributed by atoms with E-state index in [1.165, 1.54) is 38.5 Å². The third-order valence-electron chi connectivity index (χ3n) is 11.4. The Bertz CT molecular complexity index is 4660. The number of ether oxygens (including phenoxy) is 2. The predicted molar refractivity (Wildman–Crippen MR) is 295 cm³/mol. The van der Waals surface area contributed by atoms with Gasteiger partial charge >= 0.3 is 0 Å². The Morgan fingerprint density at radius 1 is 0.419 bits per heavy atom. The van der Waals surface area contributed by atoms with E-state index in [4.69, 9.17) is 31.0 Å². The number of aromatic hydroxyl groups is 3. The molecule has 0 aliphatic heterocycles. The van der Waals surface area contributed by atoms with Gasteiger partial charge in [-0.3, -0.25) is 18.2 Å². The molecule has 0 atom stereocenters. The zero-order chi connectivity index (χ0) is 62.6. The summed E-state index contributed by atoms with van der Waals surface area (Å²) in [6, 6.07) is 16.1. The van der Waals surface area contributed by atoms with Crippen molar-refractivity contribution >= 4 is 160 Å². The maximum absolute atomic E-state index is 13.2. The summed E-state index contributed by atoms with van der Waals surface area (Å²) in [6.07, 6.45) is 0. The number of azo groups is 4. The highest BCUT2D eigenvalue weighted by molar-refractivity contribution is 7.95. The van der Waals surface area contributed by atoms with Crippen molar-refractivity contribution in [1.29, 1.82) is 0 Å². The van der Waals surface area contributed by atoms with Crippen LogP contribution < -0.4 is 15.2 Å². The molecule has 0 heterocycles. The Morgan fingerprint density at radius 3 is 1.49 bits per heavy atom. The minimum absolute atomic E-state index is 0.0230. The third-order valence-corrected chi connectivity index (χ3v) is 16.9. The lowest BCUT2D eigenvalue weighted by Crippen LogP contribution is -2.01. The Labute approximate surface area is 492 Å². The van der Waals surface area contributed by atoms with Gasteiger partial charge in [-0.05, 0) is 95.7 Å². The molecule has 452 valence electrons. The summed E-state index contributed by atoms with van der Waals surface area (Å²) >= 11 is 0.625. The van der Waals surface area contributed by atoms with Crippen molar-refractivity contribution < 1.29 is 121 Å². The highest BCUT2D eigenvalue weighted by Crippen LogP contribution is 2.52. The van der Waals surface area contributed by atoms with Crippen molar-refractivity contribution in [2.24, 2.45) is 40.9 Å². The van der Waals surface area contributed by atoms with Gasteiger partial charge in [0.05, 0.1) is 81.8 Å². The molecule has 0 amide bonds. The summed E-state index contributed by atoms with van der Waals surface area (Å²) in [6.45, 7) is 0. The first-order valence-corrected chi connectivity index (χ1v) is 30.2. The van der Waals surface area contributed by atoms with Crippen molar-refractivity contribution in [3.8, 4) is 28.7 Å². The zero-order valence-corrected chi connectivity index (χ0v) is 47.9. The number of phenolic OH excluding ortho intramolecular Hbond substituents is 3. The molecule has 0 fully saturated rings. The van der Waals surface area contributed by atoms with Crippen LogP contribution >= 0.6 is 36.1 Å². The number of nitrogens with zero attached hydrogens (tertiary/aromatic N) is 8. The molecule has 8 aromatic carbocycles. The van der Waals surface area contributed by atoms with Crippen LogP contribution in [0.3, 0.4) is 0 Å². The van der Waals surface area contributed by atoms with Crippen LogP contribution in [0.2, 0.25) is 0 Å². The Balaban J connectivity index is 1.24. The normalized spacial score (nSPS) is 12.8. The van der Waals surface area contributed by atoms with Crippen LogP contribution in [-0.2, 0) is 68.6 Å². The SMILES string of the molecule is COc1ccc(N=Nc2c(S(=O)(=O)O)cc3cc(N=Nc4c(S(=O)(=O)O)cc5cc(SOOO)c(N=Nc6ccc7c(O)c(N=Nc8ccc(OC)cc8S(=O)(=O)O)c(SOOO)cc7c6S(=O)(=O)O)c(N)c5c4O)ccc3c2O)c(SOOO)c1. The van der Waals surface area contributed by atoms with Crippen molar-refractivity contribution in [3.05, 3.63) is 91.0 Å². The predicted octanol–water partition coefficient (Wildman–Crippen LogP) is 11.8. The summed E-state index contributed by atoms with van der Waals surface area (Å²) < 4.78 is 167. The average molecular weight is 1330 g/mol. The minimum Gasteiger partial charge on any atom is -0.505 e. The van der Waals surface area contributed by atoms with Gasteiger partial charge in [-0.2, -0.15) is 38.8 Å².